The highest BCUT2D eigenvalue weighted by atomic mass is 16.6. The van der Waals surface area contributed by atoms with Gasteiger partial charge in [-0.3, -0.25) is 0 Å². The maximum atomic E-state index is 11.3. The minimum atomic E-state index is -0.490. The van der Waals surface area contributed by atoms with Crippen molar-refractivity contribution >= 4 is 18.0 Å². The van der Waals surface area contributed by atoms with Gasteiger partial charge in [0, 0.05) is 11.6 Å². The molecule has 4 heteroatoms. The molecule has 19 heavy (non-hydrogen) atoms. The predicted octanol–water partition coefficient (Wildman–Crippen LogP) is 2.36. The van der Waals surface area contributed by atoms with Crippen LogP contribution in [-0.2, 0) is 19.1 Å². The number of hydrogen-bond donors (Lipinski definition) is 0. The van der Waals surface area contributed by atoms with Crippen LogP contribution in [0.1, 0.15) is 12.5 Å². The van der Waals surface area contributed by atoms with Crippen molar-refractivity contribution in [2.45, 2.75) is 6.92 Å². The van der Waals surface area contributed by atoms with E-state index < -0.39 is 11.9 Å². The van der Waals surface area contributed by atoms with E-state index in [-0.39, 0.29) is 13.2 Å². The van der Waals surface area contributed by atoms with Crippen molar-refractivity contribution in [3.05, 3.63) is 54.1 Å². The number of rotatable bonds is 6. The van der Waals surface area contributed by atoms with Gasteiger partial charge >= 0.3 is 11.9 Å². The Balaban J connectivity index is 2.24. The fraction of sp³-hybridized carbons (Fsp3) is 0.200. The molecule has 0 aliphatic carbocycles. The van der Waals surface area contributed by atoms with Crippen LogP contribution in [0.4, 0.5) is 0 Å². The summed E-state index contributed by atoms with van der Waals surface area (Å²) in [6.45, 7) is 5.04. The van der Waals surface area contributed by atoms with Crippen LogP contribution in [0, 0.1) is 0 Å². The Kier molecular flexibility index (Phi) is 6.09. The molecule has 0 fully saturated rings. The summed E-state index contributed by atoms with van der Waals surface area (Å²) in [6, 6.07) is 9.40. The fourth-order valence-electron chi connectivity index (χ4n) is 1.18. The maximum absolute atomic E-state index is 11.3. The molecule has 0 bridgehead atoms. The van der Waals surface area contributed by atoms with Gasteiger partial charge in [-0.15, -0.1) is 0 Å². The second kappa shape index (κ2) is 7.87. The lowest BCUT2D eigenvalue weighted by Crippen LogP contribution is -2.12. The summed E-state index contributed by atoms with van der Waals surface area (Å²) in [6.07, 6.45) is 2.98. The van der Waals surface area contributed by atoms with Crippen molar-refractivity contribution in [2.24, 2.45) is 0 Å². The van der Waals surface area contributed by atoms with Crippen LogP contribution in [0.2, 0.25) is 0 Å². The van der Waals surface area contributed by atoms with Crippen LogP contribution in [0.3, 0.4) is 0 Å². The van der Waals surface area contributed by atoms with E-state index in [9.17, 15) is 9.59 Å². The van der Waals surface area contributed by atoms with E-state index in [1.165, 1.54) is 6.08 Å². The van der Waals surface area contributed by atoms with Crippen LogP contribution in [-0.4, -0.2) is 25.2 Å². The Bertz CT molecular complexity index is 474. The first-order valence-corrected chi connectivity index (χ1v) is 5.82. The molecule has 0 heterocycles. The van der Waals surface area contributed by atoms with Crippen molar-refractivity contribution in [2.75, 3.05) is 13.2 Å². The van der Waals surface area contributed by atoms with Gasteiger partial charge < -0.3 is 9.47 Å². The van der Waals surface area contributed by atoms with E-state index in [2.05, 4.69) is 6.58 Å². The first-order valence-electron chi connectivity index (χ1n) is 5.82. The Labute approximate surface area is 112 Å². The molecular formula is C15H16O4. The lowest BCUT2D eigenvalue weighted by molar-refractivity contribution is -0.146. The van der Waals surface area contributed by atoms with Crippen molar-refractivity contribution in [3.8, 4) is 0 Å². The normalized spacial score (nSPS) is 10.2. The van der Waals surface area contributed by atoms with Crippen molar-refractivity contribution in [3.63, 3.8) is 0 Å². The van der Waals surface area contributed by atoms with E-state index in [1.54, 1.807) is 13.0 Å². The number of benzene rings is 1. The monoisotopic (exact) mass is 260 g/mol. The summed E-state index contributed by atoms with van der Waals surface area (Å²) in [4.78, 5) is 22.3. The van der Waals surface area contributed by atoms with Crippen LogP contribution in [0.15, 0.2) is 48.6 Å². The minimum Gasteiger partial charge on any atom is -0.459 e. The molecule has 0 aliphatic heterocycles. The Morgan fingerprint density at radius 3 is 2.42 bits per heavy atom. The van der Waals surface area contributed by atoms with Gasteiger partial charge in [0.15, 0.2) is 0 Å². The zero-order valence-electron chi connectivity index (χ0n) is 10.8. The zero-order chi connectivity index (χ0) is 14.1. The zero-order valence-corrected chi connectivity index (χ0v) is 10.8. The van der Waals surface area contributed by atoms with E-state index in [4.69, 9.17) is 9.47 Å². The summed E-state index contributed by atoms with van der Waals surface area (Å²) in [7, 11) is 0. The van der Waals surface area contributed by atoms with Gasteiger partial charge in [-0.25, -0.2) is 9.59 Å². The molecule has 0 amide bonds. The maximum Gasteiger partial charge on any atom is 0.333 e. The van der Waals surface area contributed by atoms with Gasteiger partial charge in [-0.05, 0) is 18.6 Å². The first kappa shape index (κ1) is 14.7. The third-order valence-electron chi connectivity index (χ3n) is 2.12. The second-order valence-corrected chi connectivity index (χ2v) is 3.83. The Morgan fingerprint density at radius 2 is 1.79 bits per heavy atom. The molecule has 0 aromatic heterocycles. The molecule has 1 aromatic rings. The lowest BCUT2D eigenvalue weighted by Gasteiger charge is -2.04. The quantitative estimate of drug-likeness (QED) is 0.447. The molecule has 0 saturated carbocycles. The van der Waals surface area contributed by atoms with Crippen LogP contribution < -0.4 is 0 Å². The molecule has 100 valence electrons. The van der Waals surface area contributed by atoms with Crippen LogP contribution in [0.25, 0.3) is 6.08 Å². The smallest absolute Gasteiger partial charge is 0.333 e. The summed E-state index contributed by atoms with van der Waals surface area (Å²) in [5.41, 5.74) is 1.23. The van der Waals surface area contributed by atoms with Gasteiger partial charge in [0.2, 0.25) is 0 Å². The summed E-state index contributed by atoms with van der Waals surface area (Å²) in [5.74, 6) is -0.967. The molecule has 0 N–H and O–H groups in total. The molecule has 0 saturated heterocycles. The predicted molar refractivity (Wildman–Crippen MR) is 72.2 cm³/mol. The van der Waals surface area contributed by atoms with E-state index in [0.717, 1.165) is 5.56 Å². The number of carbonyl (C=O) groups excluding carboxylic acids is 2. The SMILES string of the molecule is C=C(C)C(=O)OCCOC(=O)C=Cc1ccccc1. The highest BCUT2D eigenvalue weighted by Crippen LogP contribution is 2.01. The first-order chi connectivity index (χ1) is 9.09. The van der Waals surface area contributed by atoms with E-state index in [0.29, 0.717) is 5.57 Å². The minimum absolute atomic E-state index is 0.0244. The van der Waals surface area contributed by atoms with E-state index in [1.807, 2.05) is 30.3 Å². The second-order valence-electron chi connectivity index (χ2n) is 3.83. The highest BCUT2D eigenvalue weighted by Gasteiger charge is 2.03. The molecule has 0 atom stereocenters. The standard InChI is InChI=1S/C15H16O4/c1-12(2)15(17)19-11-10-18-14(16)9-8-13-6-4-3-5-7-13/h3-9H,1,10-11H2,2H3. The molecular weight excluding hydrogens is 244 g/mol. The third kappa shape index (κ3) is 6.21. The fourth-order valence-corrected chi connectivity index (χ4v) is 1.18. The molecule has 1 aromatic carbocycles. The van der Waals surface area contributed by atoms with Crippen LogP contribution >= 0.6 is 0 Å². The highest BCUT2D eigenvalue weighted by molar-refractivity contribution is 5.87. The number of hydrogen-bond acceptors (Lipinski definition) is 4. The lowest BCUT2D eigenvalue weighted by atomic mass is 10.2. The van der Waals surface area contributed by atoms with Crippen molar-refractivity contribution in [1.29, 1.82) is 0 Å². The average molecular weight is 260 g/mol. The van der Waals surface area contributed by atoms with Gasteiger partial charge in [0.05, 0.1) is 0 Å². The summed E-state index contributed by atoms with van der Waals surface area (Å²) in [5, 5.41) is 0. The van der Waals surface area contributed by atoms with Crippen molar-refractivity contribution < 1.29 is 19.1 Å². The molecule has 0 radical (unpaired) electrons. The number of carbonyl (C=O) groups is 2. The number of ether oxygens (including phenoxy) is 2. The van der Waals surface area contributed by atoms with Gasteiger partial charge in [0.1, 0.15) is 13.2 Å². The topological polar surface area (TPSA) is 52.6 Å². The number of esters is 2. The summed E-state index contributed by atoms with van der Waals surface area (Å²) >= 11 is 0. The van der Waals surface area contributed by atoms with Crippen molar-refractivity contribution in [1.82, 2.24) is 0 Å². The molecule has 4 nitrogen and oxygen atoms in total. The van der Waals surface area contributed by atoms with Gasteiger partial charge in [0.25, 0.3) is 0 Å². The summed E-state index contributed by atoms with van der Waals surface area (Å²) < 4.78 is 9.64. The average Bonchev–Trinajstić information content (AvgIpc) is 2.42. The molecule has 0 unspecified atom stereocenters. The largest absolute Gasteiger partial charge is 0.459 e. The molecule has 0 aliphatic rings. The molecule has 0 spiro atoms. The van der Waals surface area contributed by atoms with Gasteiger partial charge in [-0.1, -0.05) is 36.9 Å². The third-order valence-corrected chi connectivity index (χ3v) is 2.12. The van der Waals surface area contributed by atoms with Gasteiger partial charge in [-0.2, -0.15) is 0 Å². The van der Waals surface area contributed by atoms with Crippen LogP contribution in [0.5, 0.6) is 0 Å². The van der Waals surface area contributed by atoms with E-state index >= 15 is 0 Å². The Hall–Kier alpha value is -2.36. The molecule has 1 rings (SSSR count). The Morgan fingerprint density at radius 1 is 1.16 bits per heavy atom.